The van der Waals surface area contributed by atoms with E-state index in [1.165, 1.54) is 13.2 Å². The van der Waals surface area contributed by atoms with E-state index in [9.17, 15) is 4.79 Å². The molecule has 8 heteroatoms. The fourth-order valence-corrected chi connectivity index (χ4v) is 1.90. The van der Waals surface area contributed by atoms with Crippen molar-refractivity contribution in [1.29, 1.82) is 0 Å². The number of nitrogens with zero attached hydrogens (tertiary/aromatic N) is 1. The number of hydrogen-bond acceptors (Lipinski definition) is 6. The molecule has 0 radical (unpaired) electrons. The smallest absolute Gasteiger partial charge is 0.273 e. The van der Waals surface area contributed by atoms with E-state index in [-0.39, 0.29) is 24.9 Å². The third kappa shape index (κ3) is 4.61. The zero-order valence-corrected chi connectivity index (χ0v) is 13.5. The molecule has 0 saturated carbocycles. The van der Waals surface area contributed by atoms with E-state index in [4.69, 9.17) is 30.7 Å². The Hall–Kier alpha value is -2.25. The van der Waals surface area contributed by atoms with E-state index < -0.39 is 5.91 Å². The number of rotatable bonds is 7. The Balaban J connectivity index is 1.98. The van der Waals surface area contributed by atoms with Crippen molar-refractivity contribution in [2.45, 2.75) is 19.6 Å². The predicted octanol–water partition coefficient (Wildman–Crippen LogP) is 2.03. The Morgan fingerprint density at radius 1 is 1.43 bits per heavy atom. The summed E-state index contributed by atoms with van der Waals surface area (Å²) < 4.78 is 15.8. The lowest BCUT2D eigenvalue weighted by atomic mass is 10.3. The average Bonchev–Trinajstić information content (AvgIpc) is 3.02. The molecule has 7 nitrogen and oxygen atoms in total. The summed E-state index contributed by atoms with van der Waals surface area (Å²) in [7, 11) is 1.51. The minimum atomic E-state index is -0.425. The largest absolute Gasteiger partial charge is 0.493 e. The van der Waals surface area contributed by atoms with Crippen molar-refractivity contribution in [3.05, 3.63) is 40.7 Å². The summed E-state index contributed by atoms with van der Waals surface area (Å²) in [6, 6.07) is 6.09. The van der Waals surface area contributed by atoms with Crippen LogP contribution in [-0.4, -0.2) is 35.9 Å². The Labute approximate surface area is 138 Å². The number of aliphatic hydroxyl groups is 1. The van der Waals surface area contributed by atoms with Gasteiger partial charge in [0.2, 0.25) is 0 Å². The van der Waals surface area contributed by atoms with Crippen LogP contribution in [0.1, 0.15) is 23.2 Å². The zero-order valence-electron chi connectivity index (χ0n) is 12.7. The van der Waals surface area contributed by atoms with E-state index in [0.717, 1.165) is 0 Å². The molecule has 1 aromatic heterocycles. The molecule has 1 aromatic carbocycles. The van der Waals surface area contributed by atoms with Gasteiger partial charge in [0, 0.05) is 23.2 Å². The van der Waals surface area contributed by atoms with Gasteiger partial charge in [-0.05, 0) is 19.1 Å². The van der Waals surface area contributed by atoms with E-state index in [1.54, 1.807) is 25.1 Å². The molecule has 0 fully saturated rings. The highest BCUT2D eigenvalue weighted by molar-refractivity contribution is 6.30. The number of carbonyl (C=O) groups excluding carboxylic acids is 1. The van der Waals surface area contributed by atoms with Crippen molar-refractivity contribution in [3.63, 3.8) is 0 Å². The van der Waals surface area contributed by atoms with E-state index in [2.05, 4.69) is 10.5 Å². The highest BCUT2D eigenvalue weighted by Gasteiger charge is 2.15. The van der Waals surface area contributed by atoms with Gasteiger partial charge in [0.05, 0.1) is 13.7 Å². The molecule has 0 spiro atoms. The maximum absolute atomic E-state index is 11.8. The molecule has 2 N–H and O–H groups in total. The van der Waals surface area contributed by atoms with Gasteiger partial charge in [-0.1, -0.05) is 16.8 Å². The second kappa shape index (κ2) is 7.85. The van der Waals surface area contributed by atoms with Crippen molar-refractivity contribution in [3.8, 4) is 11.5 Å². The molecule has 0 aliphatic carbocycles. The summed E-state index contributed by atoms with van der Waals surface area (Å²) in [5.74, 6) is 0.939. The van der Waals surface area contributed by atoms with Crippen LogP contribution >= 0.6 is 11.6 Å². The van der Waals surface area contributed by atoms with Crippen LogP contribution in [0.25, 0.3) is 0 Å². The lowest BCUT2D eigenvalue weighted by molar-refractivity contribution is 0.0913. The summed E-state index contributed by atoms with van der Waals surface area (Å²) in [6.45, 7) is 1.60. The van der Waals surface area contributed by atoms with Crippen LogP contribution in [0.15, 0.2) is 28.8 Å². The lowest BCUT2D eigenvalue weighted by Crippen LogP contribution is -2.35. The highest BCUT2D eigenvalue weighted by atomic mass is 35.5. The fraction of sp³-hybridized carbons (Fsp3) is 0.333. The molecule has 1 atom stereocenters. The SMILES string of the molecule is COc1cc(Cl)ccc1OCc1cc(C(=O)NC(C)CO)no1. The van der Waals surface area contributed by atoms with Crippen LogP contribution in [0.4, 0.5) is 0 Å². The summed E-state index contributed by atoms with van der Waals surface area (Å²) in [5.41, 5.74) is 0.118. The summed E-state index contributed by atoms with van der Waals surface area (Å²) in [4.78, 5) is 11.8. The number of benzene rings is 1. The second-order valence-corrected chi connectivity index (χ2v) is 5.26. The van der Waals surface area contributed by atoms with Crippen molar-refractivity contribution in [2.75, 3.05) is 13.7 Å². The van der Waals surface area contributed by atoms with Crippen LogP contribution in [0.3, 0.4) is 0 Å². The average molecular weight is 341 g/mol. The molecular weight excluding hydrogens is 324 g/mol. The maximum atomic E-state index is 11.8. The van der Waals surface area contributed by atoms with Gasteiger partial charge in [-0.2, -0.15) is 0 Å². The Morgan fingerprint density at radius 3 is 2.91 bits per heavy atom. The lowest BCUT2D eigenvalue weighted by Gasteiger charge is -2.09. The molecule has 0 aliphatic heterocycles. The first kappa shape index (κ1) is 17.1. The number of carbonyl (C=O) groups is 1. The van der Waals surface area contributed by atoms with Crippen LogP contribution < -0.4 is 14.8 Å². The number of amides is 1. The summed E-state index contributed by atoms with van der Waals surface area (Å²) >= 11 is 5.88. The van der Waals surface area contributed by atoms with Gasteiger partial charge in [-0.15, -0.1) is 0 Å². The van der Waals surface area contributed by atoms with Gasteiger partial charge >= 0.3 is 0 Å². The minimum absolute atomic E-state index is 0.0772. The minimum Gasteiger partial charge on any atom is -0.493 e. The topological polar surface area (TPSA) is 93.8 Å². The highest BCUT2D eigenvalue weighted by Crippen LogP contribution is 2.30. The van der Waals surface area contributed by atoms with E-state index >= 15 is 0 Å². The third-order valence-corrected chi connectivity index (χ3v) is 3.17. The van der Waals surface area contributed by atoms with Gasteiger partial charge in [-0.25, -0.2) is 0 Å². The van der Waals surface area contributed by atoms with Gasteiger partial charge < -0.3 is 24.4 Å². The van der Waals surface area contributed by atoms with E-state index in [1.807, 2.05) is 0 Å². The molecule has 124 valence electrons. The monoisotopic (exact) mass is 340 g/mol. The molecule has 23 heavy (non-hydrogen) atoms. The number of aromatic nitrogens is 1. The Morgan fingerprint density at radius 2 is 2.22 bits per heavy atom. The van der Waals surface area contributed by atoms with Crippen molar-refractivity contribution < 1.29 is 23.9 Å². The molecule has 0 saturated heterocycles. The Kier molecular flexibility index (Phi) is 5.84. The van der Waals surface area contributed by atoms with Gasteiger partial charge in [0.25, 0.3) is 5.91 Å². The molecular formula is C15H17ClN2O5. The third-order valence-electron chi connectivity index (χ3n) is 2.94. The second-order valence-electron chi connectivity index (χ2n) is 4.82. The normalized spacial score (nSPS) is 11.8. The molecule has 0 bridgehead atoms. The van der Waals surface area contributed by atoms with Crippen LogP contribution in [0.5, 0.6) is 11.5 Å². The number of aliphatic hydroxyl groups excluding tert-OH is 1. The zero-order chi connectivity index (χ0) is 16.8. The first-order valence-electron chi connectivity index (χ1n) is 6.87. The van der Waals surface area contributed by atoms with Crippen LogP contribution in [0, 0.1) is 0 Å². The Bertz CT molecular complexity index is 674. The standard InChI is InChI=1S/C15H17ClN2O5/c1-9(7-19)17-15(20)12-6-11(23-18-12)8-22-13-4-3-10(16)5-14(13)21-2/h3-6,9,19H,7-8H2,1-2H3,(H,17,20). The fourth-order valence-electron chi connectivity index (χ4n) is 1.74. The van der Waals surface area contributed by atoms with Crippen molar-refractivity contribution in [1.82, 2.24) is 10.5 Å². The van der Waals surface area contributed by atoms with E-state index in [0.29, 0.717) is 22.3 Å². The molecule has 0 aliphatic rings. The maximum Gasteiger partial charge on any atom is 0.273 e. The van der Waals surface area contributed by atoms with Gasteiger partial charge in [-0.3, -0.25) is 4.79 Å². The molecule has 1 heterocycles. The number of ether oxygens (including phenoxy) is 2. The van der Waals surface area contributed by atoms with Crippen molar-refractivity contribution >= 4 is 17.5 Å². The quantitative estimate of drug-likeness (QED) is 0.801. The van der Waals surface area contributed by atoms with Gasteiger partial charge in [0.15, 0.2) is 23.0 Å². The molecule has 2 aromatic rings. The number of methoxy groups -OCH3 is 1. The number of halogens is 1. The van der Waals surface area contributed by atoms with Crippen molar-refractivity contribution in [2.24, 2.45) is 0 Å². The van der Waals surface area contributed by atoms with Crippen LogP contribution in [0.2, 0.25) is 5.02 Å². The van der Waals surface area contributed by atoms with Gasteiger partial charge in [0.1, 0.15) is 6.61 Å². The summed E-state index contributed by atoms with van der Waals surface area (Å²) in [6.07, 6.45) is 0. The molecule has 1 amide bonds. The van der Waals surface area contributed by atoms with Crippen LogP contribution in [-0.2, 0) is 6.61 Å². The first-order valence-corrected chi connectivity index (χ1v) is 7.25. The predicted molar refractivity (Wildman–Crippen MR) is 82.9 cm³/mol. The number of nitrogens with one attached hydrogen (secondary N) is 1. The number of hydrogen-bond donors (Lipinski definition) is 2. The molecule has 2 rings (SSSR count). The summed E-state index contributed by atoms with van der Waals surface area (Å²) in [5, 5.41) is 15.7. The molecule has 1 unspecified atom stereocenters. The first-order chi connectivity index (χ1) is 11.0.